The Morgan fingerprint density at radius 3 is 2.81 bits per heavy atom. The molecule has 9 nitrogen and oxygen atoms in total. The van der Waals surface area contributed by atoms with Crippen molar-refractivity contribution in [1.29, 1.82) is 0 Å². The number of primary amides is 1. The Kier molecular flexibility index (Phi) is 7.80. The van der Waals surface area contributed by atoms with Crippen LogP contribution < -0.4 is 21.1 Å². The van der Waals surface area contributed by atoms with Gasteiger partial charge in [0.05, 0.1) is 18.8 Å². The van der Waals surface area contributed by atoms with Crippen molar-refractivity contribution in [3.05, 3.63) is 48.2 Å². The van der Waals surface area contributed by atoms with Crippen molar-refractivity contribution in [2.24, 2.45) is 5.73 Å². The van der Waals surface area contributed by atoms with E-state index in [1.54, 1.807) is 18.2 Å². The second-order valence-corrected chi connectivity index (χ2v) is 7.23. The number of amides is 3. The van der Waals surface area contributed by atoms with Crippen molar-refractivity contribution in [1.82, 2.24) is 15.2 Å². The summed E-state index contributed by atoms with van der Waals surface area (Å²) in [6, 6.07) is 12.7. The third-order valence-electron chi connectivity index (χ3n) is 4.76. The Labute approximate surface area is 181 Å². The second-order valence-electron chi connectivity index (χ2n) is 7.23. The normalized spacial score (nSPS) is 14.5. The van der Waals surface area contributed by atoms with Crippen molar-refractivity contribution >= 4 is 29.2 Å². The van der Waals surface area contributed by atoms with E-state index in [2.05, 4.69) is 15.6 Å². The molecule has 4 N–H and O–H groups in total. The van der Waals surface area contributed by atoms with Gasteiger partial charge in [-0.2, -0.15) is 0 Å². The topological polar surface area (TPSA) is 127 Å². The summed E-state index contributed by atoms with van der Waals surface area (Å²) in [7, 11) is 0. The largest absolute Gasteiger partial charge is 0.491 e. The minimum absolute atomic E-state index is 0.0520. The van der Waals surface area contributed by atoms with Crippen molar-refractivity contribution in [2.75, 3.05) is 31.6 Å². The first kappa shape index (κ1) is 22.1. The van der Waals surface area contributed by atoms with Gasteiger partial charge in [0.2, 0.25) is 11.8 Å². The van der Waals surface area contributed by atoms with Crippen LogP contribution >= 0.6 is 0 Å². The summed E-state index contributed by atoms with van der Waals surface area (Å²) in [5, 5.41) is 5.82. The Morgan fingerprint density at radius 2 is 1.97 bits per heavy atom. The molecule has 0 aliphatic carbocycles. The van der Waals surface area contributed by atoms with Crippen LogP contribution in [0.5, 0.6) is 5.75 Å². The van der Waals surface area contributed by atoms with E-state index >= 15 is 0 Å². The maximum absolute atomic E-state index is 13.1. The molecular weight excluding hydrogens is 398 g/mol. The number of rotatable bonds is 5. The number of ether oxygens (including phenoxy) is 1. The molecule has 1 aliphatic heterocycles. The van der Waals surface area contributed by atoms with E-state index in [0.717, 1.165) is 30.7 Å². The van der Waals surface area contributed by atoms with Crippen LogP contribution in [-0.2, 0) is 9.59 Å². The number of hydrogen-bond donors (Lipinski definition) is 3. The van der Waals surface area contributed by atoms with Crippen LogP contribution in [0.2, 0.25) is 0 Å². The Morgan fingerprint density at radius 1 is 1.13 bits per heavy atom. The number of hydrogen-bond acceptors (Lipinski definition) is 6. The lowest BCUT2D eigenvalue weighted by atomic mass is 10.2. The number of nitrogens with two attached hydrogens (primary N) is 1. The summed E-state index contributed by atoms with van der Waals surface area (Å²) >= 11 is 0. The standard InChI is InChI=1S/C22H27N5O4/c23-19(28)11-12-24-21(29)15-27-13-4-1-5-14-31-18-9-3-2-7-16(18)25-20-10-6-8-17(26-20)22(27)30/h2-3,6-10H,1,4-5,11-15H2,(H2,23,28)(H,24,29)(H,25,26). The molecule has 0 radical (unpaired) electrons. The van der Waals surface area contributed by atoms with Crippen molar-refractivity contribution in [2.45, 2.75) is 25.7 Å². The maximum atomic E-state index is 13.1. The van der Waals surface area contributed by atoms with Gasteiger partial charge in [0.15, 0.2) is 0 Å². The number of pyridine rings is 1. The zero-order valence-electron chi connectivity index (χ0n) is 17.3. The van der Waals surface area contributed by atoms with Gasteiger partial charge in [0, 0.05) is 19.5 Å². The van der Waals surface area contributed by atoms with Crippen molar-refractivity contribution in [3.63, 3.8) is 0 Å². The average molecular weight is 425 g/mol. The monoisotopic (exact) mass is 425 g/mol. The number of fused-ring (bicyclic) bond motifs is 3. The summed E-state index contributed by atoms with van der Waals surface area (Å²) < 4.78 is 5.91. The molecule has 1 aromatic heterocycles. The fraction of sp³-hybridized carbons (Fsp3) is 0.364. The molecule has 0 saturated carbocycles. The number of anilines is 2. The van der Waals surface area contributed by atoms with Crippen LogP contribution in [-0.4, -0.2) is 53.8 Å². The molecule has 0 saturated heterocycles. The second kappa shape index (κ2) is 11.0. The average Bonchev–Trinajstić information content (AvgIpc) is 2.75. The van der Waals surface area contributed by atoms with Gasteiger partial charge >= 0.3 is 0 Å². The van der Waals surface area contributed by atoms with Crippen LogP contribution in [0.15, 0.2) is 42.5 Å². The first-order valence-electron chi connectivity index (χ1n) is 10.3. The van der Waals surface area contributed by atoms with Gasteiger partial charge < -0.3 is 26.0 Å². The molecule has 164 valence electrons. The Bertz CT molecular complexity index is 934. The predicted molar refractivity (Wildman–Crippen MR) is 116 cm³/mol. The lowest BCUT2D eigenvalue weighted by Crippen LogP contribution is -2.42. The Hall–Kier alpha value is -3.62. The number of benzene rings is 1. The van der Waals surface area contributed by atoms with E-state index in [0.29, 0.717) is 19.0 Å². The van der Waals surface area contributed by atoms with Crippen LogP contribution in [0, 0.1) is 0 Å². The van der Waals surface area contributed by atoms with E-state index < -0.39 is 5.91 Å². The lowest BCUT2D eigenvalue weighted by Gasteiger charge is -2.22. The highest BCUT2D eigenvalue weighted by Crippen LogP contribution is 2.27. The number of carbonyl (C=O) groups excluding carboxylic acids is 3. The molecule has 2 bridgehead atoms. The summed E-state index contributed by atoms with van der Waals surface area (Å²) in [6.07, 6.45) is 2.44. The van der Waals surface area contributed by atoms with Crippen LogP contribution in [0.4, 0.5) is 11.5 Å². The smallest absolute Gasteiger partial charge is 0.273 e. The van der Waals surface area contributed by atoms with Gasteiger partial charge in [-0.3, -0.25) is 14.4 Å². The fourth-order valence-electron chi connectivity index (χ4n) is 3.19. The summed E-state index contributed by atoms with van der Waals surface area (Å²) in [6.45, 7) is 0.993. The third kappa shape index (κ3) is 6.70. The number of aromatic nitrogens is 1. The minimum atomic E-state index is -0.494. The number of nitrogens with zero attached hydrogens (tertiary/aromatic N) is 2. The van der Waals surface area contributed by atoms with Gasteiger partial charge in [-0.15, -0.1) is 0 Å². The number of para-hydroxylation sites is 2. The molecule has 1 aliphatic rings. The van der Waals surface area contributed by atoms with Crippen LogP contribution in [0.3, 0.4) is 0 Å². The van der Waals surface area contributed by atoms with Crippen molar-refractivity contribution in [3.8, 4) is 5.75 Å². The molecule has 3 amide bonds. The number of carbonyl (C=O) groups is 3. The van der Waals surface area contributed by atoms with Gasteiger partial charge in [0.1, 0.15) is 17.3 Å². The lowest BCUT2D eigenvalue weighted by molar-refractivity contribution is -0.122. The van der Waals surface area contributed by atoms with Gasteiger partial charge in [-0.1, -0.05) is 18.2 Å². The Balaban J connectivity index is 1.78. The third-order valence-corrected chi connectivity index (χ3v) is 4.76. The number of nitrogens with one attached hydrogen (secondary N) is 2. The predicted octanol–water partition coefficient (Wildman–Crippen LogP) is 1.82. The molecule has 0 atom stereocenters. The maximum Gasteiger partial charge on any atom is 0.273 e. The van der Waals surface area contributed by atoms with Crippen LogP contribution in [0.1, 0.15) is 36.2 Å². The minimum Gasteiger partial charge on any atom is -0.491 e. The molecule has 2 aromatic rings. The highest BCUT2D eigenvalue weighted by Gasteiger charge is 2.20. The highest BCUT2D eigenvalue weighted by molar-refractivity contribution is 5.95. The molecule has 0 fully saturated rings. The first-order valence-corrected chi connectivity index (χ1v) is 10.3. The zero-order valence-corrected chi connectivity index (χ0v) is 17.3. The molecular formula is C22H27N5O4. The zero-order chi connectivity index (χ0) is 22.1. The van der Waals surface area contributed by atoms with Crippen LogP contribution in [0.25, 0.3) is 0 Å². The van der Waals surface area contributed by atoms with Crippen molar-refractivity contribution < 1.29 is 19.1 Å². The molecule has 2 heterocycles. The molecule has 3 rings (SSSR count). The quantitative estimate of drug-likeness (QED) is 0.671. The van der Waals surface area contributed by atoms with E-state index in [1.165, 1.54) is 4.90 Å². The molecule has 0 spiro atoms. The molecule has 31 heavy (non-hydrogen) atoms. The summed E-state index contributed by atoms with van der Waals surface area (Å²) in [5.74, 6) is 0.0710. The summed E-state index contributed by atoms with van der Waals surface area (Å²) in [4.78, 5) is 42.1. The van der Waals surface area contributed by atoms with E-state index in [4.69, 9.17) is 10.5 Å². The molecule has 0 unspecified atom stereocenters. The van der Waals surface area contributed by atoms with Gasteiger partial charge in [-0.25, -0.2) is 4.98 Å². The highest BCUT2D eigenvalue weighted by atomic mass is 16.5. The van der Waals surface area contributed by atoms with Gasteiger partial charge in [-0.05, 0) is 43.5 Å². The molecule has 9 heteroatoms. The van der Waals surface area contributed by atoms with E-state index in [9.17, 15) is 14.4 Å². The first-order chi connectivity index (χ1) is 15.0. The van der Waals surface area contributed by atoms with E-state index in [1.807, 2.05) is 24.3 Å². The SMILES string of the molecule is NC(=O)CCNC(=O)CN1CCCCCOc2ccccc2Nc2cccc(n2)C1=O. The molecule has 1 aromatic carbocycles. The summed E-state index contributed by atoms with van der Waals surface area (Å²) in [5.41, 5.74) is 6.10. The fourth-order valence-corrected chi connectivity index (χ4v) is 3.19. The van der Waals surface area contributed by atoms with Gasteiger partial charge in [0.25, 0.3) is 5.91 Å². The van der Waals surface area contributed by atoms with E-state index in [-0.39, 0.29) is 37.0 Å².